The lowest BCUT2D eigenvalue weighted by molar-refractivity contribution is 0.620. The fourth-order valence-electron chi connectivity index (χ4n) is 1.75. The van der Waals surface area contributed by atoms with Crippen LogP contribution in [0.5, 0.6) is 0 Å². The van der Waals surface area contributed by atoms with Crippen LogP contribution in [0.25, 0.3) is 0 Å². The molecule has 0 saturated heterocycles. The van der Waals surface area contributed by atoms with E-state index in [1.165, 1.54) is 6.07 Å². The maximum absolute atomic E-state index is 13.2. The minimum Gasteiger partial charge on any atom is -0.353 e. The van der Waals surface area contributed by atoms with Gasteiger partial charge in [0.1, 0.15) is 10.8 Å². The average molecular weight is 265 g/mol. The second kappa shape index (κ2) is 5.91. The Balaban J connectivity index is 2.14. The summed E-state index contributed by atoms with van der Waals surface area (Å²) >= 11 is 1.55. The molecule has 0 amide bonds. The Morgan fingerprint density at radius 2 is 2.17 bits per heavy atom. The lowest BCUT2D eigenvalue weighted by atomic mass is 10.1. The Morgan fingerprint density at radius 1 is 1.33 bits per heavy atom. The van der Waals surface area contributed by atoms with Crippen molar-refractivity contribution in [3.05, 3.63) is 40.7 Å². The van der Waals surface area contributed by atoms with Crippen LogP contribution in [0.4, 0.5) is 9.52 Å². The molecule has 1 aromatic carbocycles. The minimum atomic E-state index is -0.209. The zero-order valence-electron chi connectivity index (χ0n) is 10.5. The number of hydrogen-bond donors (Lipinski definition) is 1. The van der Waals surface area contributed by atoms with Crippen LogP contribution in [0.15, 0.2) is 24.3 Å². The van der Waals surface area contributed by atoms with E-state index in [0.717, 1.165) is 28.5 Å². The number of anilines is 1. The van der Waals surface area contributed by atoms with Crippen LogP contribution in [0.1, 0.15) is 36.9 Å². The molecule has 96 valence electrons. The number of hydrogen-bond acceptors (Lipinski definition) is 4. The first kappa shape index (κ1) is 13.0. The van der Waals surface area contributed by atoms with Crippen LogP contribution >= 0.6 is 11.3 Å². The SMILES string of the molecule is CCc1nnc(NC(CC)c2cccc(F)c2)s1. The van der Waals surface area contributed by atoms with Crippen molar-refractivity contribution in [1.29, 1.82) is 0 Å². The molecule has 0 aliphatic heterocycles. The van der Waals surface area contributed by atoms with E-state index in [4.69, 9.17) is 0 Å². The molecule has 5 heteroatoms. The van der Waals surface area contributed by atoms with Gasteiger partial charge in [-0.1, -0.05) is 37.3 Å². The zero-order chi connectivity index (χ0) is 13.0. The van der Waals surface area contributed by atoms with E-state index < -0.39 is 0 Å². The van der Waals surface area contributed by atoms with Gasteiger partial charge in [-0.3, -0.25) is 0 Å². The largest absolute Gasteiger partial charge is 0.353 e. The maximum atomic E-state index is 13.2. The molecule has 1 heterocycles. The van der Waals surface area contributed by atoms with Gasteiger partial charge < -0.3 is 5.32 Å². The summed E-state index contributed by atoms with van der Waals surface area (Å²) in [7, 11) is 0. The second-order valence-electron chi connectivity index (χ2n) is 4.01. The van der Waals surface area contributed by atoms with E-state index in [1.54, 1.807) is 23.5 Å². The van der Waals surface area contributed by atoms with Gasteiger partial charge in [0, 0.05) is 0 Å². The lowest BCUT2D eigenvalue weighted by Gasteiger charge is -2.16. The van der Waals surface area contributed by atoms with Crippen molar-refractivity contribution >= 4 is 16.5 Å². The van der Waals surface area contributed by atoms with Gasteiger partial charge >= 0.3 is 0 Å². The average Bonchev–Trinajstić information content (AvgIpc) is 2.83. The normalized spacial score (nSPS) is 12.4. The third-order valence-electron chi connectivity index (χ3n) is 2.73. The van der Waals surface area contributed by atoms with Crippen molar-refractivity contribution in [2.24, 2.45) is 0 Å². The standard InChI is InChI=1S/C13H16FN3S/c1-3-11(9-6-5-7-10(14)8-9)15-13-17-16-12(4-2)18-13/h5-8,11H,3-4H2,1-2H3,(H,15,17). The summed E-state index contributed by atoms with van der Waals surface area (Å²) in [6, 6.07) is 6.73. The van der Waals surface area contributed by atoms with E-state index in [1.807, 2.05) is 13.0 Å². The topological polar surface area (TPSA) is 37.8 Å². The Hall–Kier alpha value is -1.49. The van der Waals surface area contributed by atoms with Crippen molar-refractivity contribution in [2.45, 2.75) is 32.7 Å². The summed E-state index contributed by atoms with van der Waals surface area (Å²) in [6.07, 6.45) is 1.75. The number of rotatable bonds is 5. The van der Waals surface area contributed by atoms with Gasteiger partial charge in [-0.25, -0.2) is 4.39 Å². The van der Waals surface area contributed by atoms with Crippen LogP contribution in [0, 0.1) is 5.82 Å². The number of aryl methyl sites for hydroxylation is 1. The molecule has 1 aromatic heterocycles. The molecule has 0 bridgehead atoms. The molecular formula is C13H16FN3S. The number of nitrogens with zero attached hydrogens (tertiary/aromatic N) is 2. The number of nitrogens with one attached hydrogen (secondary N) is 1. The predicted octanol–water partition coefficient (Wildman–Crippen LogP) is 3.80. The summed E-state index contributed by atoms with van der Waals surface area (Å²) in [4.78, 5) is 0. The maximum Gasteiger partial charge on any atom is 0.206 e. The highest BCUT2D eigenvalue weighted by Gasteiger charge is 2.12. The van der Waals surface area contributed by atoms with E-state index in [0.29, 0.717) is 0 Å². The Kier molecular flexibility index (Phi) is 4.25. The third kappa shape index (κ3) is 3.04. The van der Waals surface area contributed by atoms with Gasteiger partial charge in [0.05, 0.1) is 6.04 Å². The Labute approximate surface area is 110 Å². The summed E-state index contributed by atoms with van der Waals surface area (Å²) < 4.78 is 13.2. The van der Waals surface area contributed by atoms with E-state index in [-0.39, 0.29) is 11.9 Å². The van der Waals surface area contributed by atoms with Crippen molar-refractivity contribution < 1.29 is 4.39 Å². The van der Waals surface area contributed by atoms with Gasteiger partial charge in [0.25, 0.3) is 0 Å². The molecule has 1 N–H and O–H groups in total. The lowest BCUT2D eigenvalue weighted by Crippen LogP contribution is -2.09. The van der Waals surface area contributed by atoms with Crippen LogP contribution in [-0.2, 0) is 6.42 Å². The molecule has 2 aromatic rings. The molecule has 2 rings (SSSR count). The molecule has 0 aliphatic rings. The molecule has 1 unspecified atom stereocenters. The van der Waals surface area contributed by atoms with Crippen LogP contribution in [0.2, 0.25) is 0 Å². The Morgan fingerprint density at radius 3 is 2.78 bits per heavy atom. The zero-order valence-corrected chi connectivity index (χ0v) is 11.3. The first-order chi connectivity index (χ1) is 8.72. The quantitative estimate of drug-likeness (QED) is 0.893. The monoisotopic (exact) mass is 265 g/mol. The highest BCUT2D eigenvalue weighted by Crippen LogP contribution is 2.25. The molecule has 0 spiro atoms. The first-order valence-electron chi connectivity index (χ1n) is 6.07. The first-order valence-corrected chi connectivity index (χ1v) is 6.89. The van der Waals surface area contributed by atoms with E-state index >= 15 is 0 Å². The minimum absolute atomic E-state index is 0.0679. The fraction of sp³-hybridized carbons (Fsp3) is 0.385. The molecule has 0 saturated carbocycles. The highest BCUT2D eigenvalue weighted by molar-refractivity contribution is 7.15. The number of halogens is 1. The van der Waals surface area contributed by atoms with Crippen molar-refractivity contribution in [3.8, 4) is 0 Å². The van der Waals surface area contributed by atoms with E-state index in [2.05, 4.69) is 22.4 Å². The molecule has 18 heavy (non-hydrogen) atoms. The summed E-state index contributed by atoms with van der Waals surface area (Å²) in [5.41, 5.74) is 0.936. The van der Waals surface area contributed by atoms with Crippen LogP contribution in [0.3, 0.4) is 0 Å². The van der Waals surface area contributed by atoms with Crippen molar-refractivity contribution in [1.82, 2.24) is 10.2 Å². The van der Waals surface area contributed by atoms with Crippen molar-refractivity contribution in [2.75, 3.05) is 5.32 Å². The highest BCUT2D eigenvalue weighted by atomic mass is 32.1. The smallest absolute Gasteiger partial charge is 0.206 e. The van der Waals surface area contributed by atoms with Crippen LogP contribution in [-0.4, -0.2) is 10.2 Å². The van der Waals surface area contributed by atoms with Gasteiger partial charge in [-0.2, -0.15) is 0 Å². The Bertz CT molecular complexity index is 512. The summed E-state index contributed by atoms with van der Waals surface area (Å²) in [5, 5.41) is 13.3. The summed E-state index contributed by atoms with van der Waals surface area (Å²) in [5.74, 6) is -0.209. The second-order valence-corrected chi connectivity index (χ2v) is 5.08. The van der Waals surface area contributed by atoms with Gasteiger partial charge in [0.2, 0.25) is 5.13 Å². The van der Waals surface area contributed by atoms with Crippen molar-refractivity contribution in [3.63, 3.8) is 0 Å². The number of aromatic nitrogens is 2. The predicted molar refractivity (Wildman–Crippen MR) is 72.3 cm³/mol. The number of benzene rings is 1. The van der Waals surface area contributed by atoms with Crippen LogP contribution < -0.4 is 5.32 Å². The molecule has 0 fully saturated rings. The summed E-state index contributed by atoms with van der Waals surface area (Å²) in [6.45, 7) is 4.11. The van der Waals surface area contributed by atoms with Gasteiger partial charge in [-0.15, -0.1) is 10.2 Å². The van der Waals surface area contributed by atoms with E-state index in [9.17, 15) is 4.39 Å². The third-order valence-corrected chi connectivity index (χ3v) is 3.73. The molecular weight excluding hydrogens is 249 g/mol. The molecule has 1 atom stereocenters. The molecule has 0 aliphatic carbocycles. The van der Waals surface area contributed by atoms with Gasteiger partial charge in [-0.05, 0) is 30.5 Å². The fourth-order valence-corrected chi connectivity index (χ4v) is 2.48. The molecule has 3 nitrogen and oxygen atoms in total. The van der Waals surface area contributed by atoms with Gasteiger partial charge in [0.15, 0.2) is 0 Å². The molecule has 0 radical (unpaired) electrons.